The van der Waals surface area contributed by atoms with Crippen molar-refractivity contribution in [3.8, 4) is 0 Å². The van der Waals surface area contributed by atoms with Crippen LogP contribution >= 0.6 is 15.9 Å². The molecule has 1 heterocycles. The molecule has 1 aromatic carbocycles. The molecule has 2 aromatic rings. The lowest BCUT2D eigenvalue weighted by molar-refractivity contribution is -0.216. The molecule has 0 aliphatic heterocycles. The topological polar surface area (TPSA) is 59.7 Å². The van der Waals surface area contributed by atoms with Gasteiger partial charge in [0.25, 0.3) is 0 Å². The van der Waals surface area contributed by atoms with E-state index in [0.717, 1.165) is 29.5 Å². The summed E-state index contributed by atoms with van der Waals surface area (Å²) in [5, 5.41) is 11.9. The Bertz CT molecular complexity index is 1010. The van der Waals surface area contributed by atoms with Gasteiger partial charge in [0, 0.05) is 16.8 Å². The maximum atomic E-state index is 13.2. The monoisotopic (exact) mass is 500 g/mol. The second-order valence-electron chi connectivity index (χ2n) is 11.2. The van der Waals surface area contributed by atoms with Crippen molar-refractivity contribution in [3.63, 3.8) is 0 Å². The van der Waals surface area contributed by atoms with E-state index in [9.17, 15) is 9.90 Å². The first kappa shape index (κ1) is 22.2. The minimum atomic E-state index is -0.688. The van der Waals surface area contributed by atoms with Crippen LogP contribution in [0.1, 0.15) is 74.6 Å². The zero-order valence-corrected chi connectivity index (χ0v) is 20.9. The molecule has 4 nitrogen and oxygen atoms in total. The second-order valence-corrected chi connectivity index (χ2v) is 12.1. The van der Waals surface area contributed by atoms with E-state index in [-0.39, 0.29) is 34.6 Å². The number of hydrogen-bond donors (Lipinski definition) is 1. The van der Waals surface area contributed by atoms with Gasteiger partial charge >= 0.3 is 5.97 Å². The third-order valence-corrected chi connectivity index (χ3v) is 9.56. The van der Waals surface area contributed by atoms with Gasteiger partial charge < -0.3 is 14.3 Å². The molecule has 2 saturated carbocycles. The number of benzene rings is 1. The Morgan fingerprint density at radius 3 is 2.59 bits per heavy atom. The van der Waals surface area contributed by atoms with E-state index >= 15 is 0 Å². The van der Waals surface area contributed by atoms with E-state index in [0.29, 0.717) is 11.5 Å². The quantitative estimate of drug-likeness (QED) is 0.486. The maximum absolute atomic E-state index is 13.2. The van der Waals surface area contributed by atoms with Crippen LogP contribution < -0.4 is 0 Å². The molecule has 5 rings (SSSR count). The van der Waals surface area contributed by atoms with Crippen LogP contribution in [0, 0.1) is 28.6 Å². The van der Waals surface area contributed by atoms with Gasteiger partial charge in [-0.05, 0) is 77.3 Å². The van der Waals surface area contributed by atoms with E-state index in [2.05, 4.69) is 49.7 Å². The number of fused-ring (bicyclic) bond motifs is 4. The number of halogens is 1. The summed E-state index contributed by atoms with van der Waals surface area (Å²) < 4.78 is 13.0. The predicted octanol–water partition coefficient (Wildman–Crippen LogP) is 6.37. The van der Waals surface area contributed by atoms with Gasteiger partial charge in [0.1, 0.15) is 11.9 Å². The Kier molecular flexibility index (Phi) is 5.37. The molecule has 1 aromatic heterocycles. The van der Waals surface area contributed by atoms with Gasteiger partial charge in [0.2, 0.25) is 0 Å². The highest BCUT2D eigenvalue weighted by Crippen LogP contribution is 2.65. The molecule has 3 aliphatic carbocycles. The van der Waals surface area contributed by atoms with Crippen LogP contribution in [0.5, 0.6) is 0 Å². The summed E-state index contributed by atoms with van der Waals surface area (Å²) in [5.74, 6) is 1.29. The van der Waals surface area contributed by atoms with Crippen LogP contribution in [0.2, 0.25) is 0 Å². The van der Waals surface area contributed by atoms with Crippen LogP contribution in [0.25, 0.3) is 0 Å². The molecule has 1 N–H and O–H groups in total. The fraction of sp³-hybridized carbons (Fsp3) is 0.593. The van der Waals surface area contributed by atoms with E-state index < -0.39 is 12.2 Å². The average Bonchev–Trinajstić information content (AvgIpc) is 3.20. The average molecular weight is 501 g/mol. The van der Waals surface area contributed by atoms with E-state index in [1.54, 1.807) is 18.4 Å². The van der Waals surface area contributed by atoms with Crippen molar-refractivity contribution >= 4 is 21.9 Å². The number of ether oxygens (including phenoxy) is 1. The van der Waals surface area contributed by atoms with Crippen molar-refractivity contribution in [2.75, 3.05) is 0 Å². The summed E-state index contributed by atoms with van der Waals surface area (Å²) >= 11 is 3.42. The van der Waals surface area contributed by atoms with Gasteiger partial charge in [-0.2, -0.15) is 0 Å². The van der Waals surface area contributed by atoms with Gasteiger partial charge in [-0.1, -0.05) is 50.0 Å². The van der Waals surface area contributed by atoms with Crippen molar-refractivity contribution < 1.29 is 19.1 Å². The third kappa shape index (κ3) is 3.30. The Morgan fingerprint density at radius 1 is 1.16 bits per heavy atom. The lowest BCUT2D eigenvalue weighted by atomic mass is 9.42. The lowest BCUT2D eigenvalue weighted by Gasteiger charge is -2.64. The molecule has 172 valence electrons. The molecular formula is C27H33BrO4. The van der Waals surface area contributed by atoms with Crippen LogP contribution in [0.4, 0.5) is 0 Å². The normalized spacial score (nSPS) is 37.7. The Morgan fingerprint density at radius 2 is 1.88 bits per heavy atom. The first-order chi connectivity index (χ1) is 15.1. The summed E-state index contributed by atoms with van der Waals surface area (Å²) in [6.45, 7) is 9.12. The number of aliphatic hydroxyl groups excluding tert-OH is 1. The molecule has 32 heavy (non-hydrogen) atoms. The first-order valence-corrected chi connectivity index (χ1v) is 12.6. The number of carbonyl (C=O) groups is 1. The third-order valence-electron chi connectivity index (χ3n) is 9.03. The number of aliphatic hydroxyl groups is 1. The van der Waals surface area contributed by atoms with Crippen molar-refractivity contribution in [2.24, 2.45) is 28.6 Å². The number of furan rings is 1. The van der Waals surface area contributed by atoms with E-state index in [4.69, 9.17) is 9.15 Å². The van der Waals surface area contributed by atoms with Crippen molar-refractivity contribution in [3.05, 3.63) is 58.0 Å². The smallest absolute Gasteiger partial charge is 0.338 e. The first-order valence-electron chi connectivity index (χ1n) is 11.8. The van der Waals surface area contributed by atoms with Gasteiger partial charge in [0.05, 0.1) is 17.9 Å². The Labute approximate surface area is 198 Å². The van der Waals surface area contributed by atoms with Crippen LogP contribution in [-0.4, -0.2) is 23.3 Å². The zero-order valence-electron chi connectivity index (χ0n) is 19.3. The molecule has 0 saturated heterocycles. The molecule has 0 radical (unpaired) electrons. The number of hydrogen-bond acceptors (Lipinski definition) is 4. The number of rotatable bonds is 2. The zero-order chi connectivity index (χ0) is 22.8. The number of esters is 1. The SMILES string of the molecule is C[C@H]1c2ccoc2C[C@H]2[C@H]1[C@@H](OC(=O)c1ccc(Br)cc1)[C@H](O)[C@H]1C(C)(C)CCC[C@]21C. The van der Waals surface area contributed by atoms with Gasteiger partial charge in [0.15, 0.2) is 0 Å². The molecule has 3 aliphatic rings. The number of carbonyl (C=O) groups excluding carboxylic acids is 1. The van der Waals surface area contributed by atoms with E-state index in [1.165, 1.54) is 12.0 Å². The largest absolute Gasteiger partial charge is 0.469 e. The van der Waals surface area contributed by atoms with Crippen LogP contribution in [-0.2, 0) is 11.2 Å². The maximum Gasteiger partial charge on any atom is 0.338 e. The summed E-state index contributed by atoms with van der Waals surface area (Å²) in [6, 6.07) is 9.28. The van der Waals surface area contributed by atoms with Gasteiger partial charge in [-0.15, -0.1) is 0 Å². The minimum absolute atomic E-state index is 0.0215. The summed E-state index contributed by atoms with van der Waals surface area (Å²) in [4.78, 5) is 13.2. The Hall–Kier alpha value is -1.59. The summed E-state index contributed by atoms with van der Waals surface area (Å²) in [7, 11) is 0. The second kappa shape index (κ2) is 7.73. The van der Waals surface area contributed by atoms with E-state index in [1.807, 2.05) is 12.1 Å². The highest BCUT2D eigenvalue weighted by Gasteiger charge is 2.64. The highest BCUT2D eigenvalue weighted by atomic mass is 79.9. The predicted molar refractivity (Wildman–Crippen MR) is 126 cm³/mol. The van der Waals surface area contributed by atoms with Crippen LogP contribution in [0.15, 0.2) is 45.5 Å². The van der Waals surface area contributed by atoms with Crippen molar-refractivity contribution in [1.29, 1.82) is 0 Å². The molecule has 7 atom stereocenters. The van der Waals surface area contributed by atoms with Crippen molar-refractivity contribution in [1.82, 2.24) is 0 Å². The lowest BCUT2D eigenvalue weighted by Crippen LogP contribution is -2.65. The van der Waals surface area contributed by atoms with Crippen molar-refractivity contribution in [2.45, 2.75) is 71.5 Å². The van der Waals surface area contributed by atoms with Gasteiger partial charge in [-0.25, -0.2) is 4.79 Å². The molecule has 0 unspecified atom stereocenters. The molecule has 0 spiro atoms. The minimum Gasteiger partial charge on any atom is -0.469 e. The summed E-state index contributed by atoms with van der Waals surface area (Å²) in [5.41, 5.74) is 1.66. The highest BCUT2D eigenvalue weighted by molar-refractivity contribution is 9.10. The molecule has 0 bridgehead atoms. The fourth-order valence-electron chi connectivity index (χ4n) is 7.74. The van der Waals surface area contributed by atoms with Crippen LogP contribution in [0.3, 0.4) is 0 Å². The molecular weight excluding hydrogens is 468 g/mol. The molecule has 2 fully saturated rings. The fourth-order valence-corrected chi connectivity index (χ4v) is 8.00. The molecule has 0 amide bonds. The molecule has 5 heteroatoms. The summed E-state index contributed by atoms with van der Waals surface area (Å²) in [6.07, 6.45) is 4.74. The Balaban J connectivity index is 1.57. The van der Waals surface area contributed by atoms with Gasteiger partial charge in [-0.3, -0.25) is 0 Å². The standard InChI is InChI=1S/C27H33BrO4/c1-15-18-10-13-31-20(18)14-19-21(15)23(32-25(30)16-6-8-17(28)9-7-16)22(29)24-26(2,3)11-5-12-27(19,24)4/h6-10,13,15,19,21-24,29H,5,11-12,14H2,1-4H3/t15-,19-,21-,22-,23+,24-,27+/m0/s1.